The van der Waals surface area contributed by atoms with Gasteiger partial charge in [0.1, 0.15) is 18.2 Å². The van der Waals surface area contributed by atoms with Gasteiger partial charge in [-0.1, -0.05) is 30.3 Å². The number of ether oxygens (including phenoxy) is 3. The van der Waals surface area contributed by atoms with Gasteiger partial charge in [-0.25, -0.2) is 9.48 Å². The molecule has 1 aromatic heterocycles. The van der Waals surface area contributed by atoms with Crippen LogP contribution in [0.2, 0.25) is 0 Å². The second-order valence-electron chi connectivity index (χ2n) is 8.33. The van der Waals surface area contributed by atoms with Crippen LogP contribution in [0.1, 0.15) is 11.6 Å². The van der Waals surface area contributed by atoms with Crippen molar-refractivity contribution in [2.45, 2.75) is 30.9 Å². The molecule has 2 fully saturated rings. The van der Waals surface area contributed by atoms with Crippen LogP contribution in [0.4, 0.5) is 10.5 Å². The van der Waals surface area contributed by atoms with Crippen LogP contribution in [0, 0.1) is 0 Å². The summed E-state index contributed by atoms with van der Waals surface area (Å²) < 4.78 is 19.3. The summed E-state index contributed by atoms with van der Waals surface area (Å²) in [6.07, 6.45) is -1.66. The average Bonchev–Trinajstić information content (AvgIpc) is 3.56. The first-order chi connectivity index (χ1) is 16.1. The molecule has 1 amide bonds. The number of nitrogens with one attached hydrogen (secondary N) is 1. The second-order valence-corrected chi connectivity index (χ2v) is 8.33. The summed E-state index contributed by atoms with van der Waals surface area (Å²) in [6, 6.07) is 17.5. The molecule has 10 heteroatoms. The first-order valence-electron chi connectivity index (χ1n) is 10.9. The second kappa shape index (κ2) is 9.16. The zero-order valence-electron chi connectivity index (χ0n) is 18.5. The highest BCUT2D eigenvalue weighted by molar-refractivity contribution is 5.67. The van der Waals surface area contributed by atoms with Gasteiger partial charge in [-0.15, -0.1) is 5.10 Å². The zero-order valence-corrected chi connectivity index (χ0v) is 18.5. The van der Waals surface area contributed by atoms with Crippen LogP contribution < -0.4 is 10.2 Å². The molecule has 2 saturated heterocycles. The lowest BCUT2D eigenvalue weighted by atomic mass is 10.1. The first-order valence-corrected chi connectivity index (χ1v) is 10.9. The molecule has 4 unspecified atom stereocenters. The molecule has 4 atom stereocenters. The minimum atomic E-state index is -0.496. The molecule has 3 aromatic rings. The Balaban J connectivity index is 1.23. The molecular weight excluding hydrogens is 424 g/mol. The number of carbonyl (C=O) groups excluding carboxylic acids is 1. The third-order valence-electron chi connectivity index (χ3n) is 5.97. The number of alkyl carbamates (subject to hydrolysis) is 1. The number of rotatable bonds is 6. The van der Waals surface area contributed by atoms with E-state index in [1.807, 2.05) is 73.6 Å². The average molecular weight is 450 g/mol. The summed E-state index contributed by atoms with van der Waals surface area (Å²) in [6.45, 7) is 1.03. The van der Waals surface area contributed by atoms with E-state index in [0.717, 1.165) is 16.8 Å². The number of fused-ring (bicyclic) bond motifs is 1. The maximum atomic E-state index is 12.3. The molecule has 1 N–H and O–H groups in total. The van der Waals surface area contributed by atoms with E-state index < -0.39 is 12.2 Å². The maximum Gasteiger partial charge on any atom is 0.407 e. The number of amides is 1. The van der Waals surface area contributed by atoms with Crippen LogP contribution in [0.15, 0.2) is 54.6 Å². The quantitative estimate of drug-likeness (QED) is 0.609. The lowest BCUT2D eigenvalue weighted by Crippen LogP contribution is -2.37. The van der Waals surface area contributed by atoms with E-state index in [0.29, 0.717) is 19.0 Å². The van der Waals surface area contributed by atoms with Crippen molar-refractivity contribution in [3.05, 3.63) is 60.2 Å². The molecule has 2 aliphatic rings. The highest BCUT2D eigenvalue weighted by atomic mass is 16.6. The van der Waals surface area contributed by atoms with Crippen molar-refractivity contribution in [1.82, 2.24) is 25.5 Å². The Bertz CT molecular complexity index is 1090. The number of anilines is 1. The monoisotopic (exact) mass is 450 g/mol. The predicted molar refractivity (Wildman–Crippen MR) is 120 cm³/mol. The number of hydrogen-bond acceptors (Lipinski definition) is 8. The van der Waals surface area contributed by atoms with E-state index in [2.05, 4.69) is 20.8 Å². The Morgan fingerprint density at radius 1 is 1.09 bits per heavy atom. The SMILES string of the molecule is CN(C)c1ccc(-c2nnnn2C2COC3C(OC(=O)NCc4ccccc4)COC32)cc1. The molecular formula is C23H26N6O4. The van der Waals surface area contributed by atoms with Crippen LogP contribution >= 0.6 is 0 Å². The van der Waals surface area contributed by atoms with E-state index in [9.17, 15) is 4.79 Å². The summed E-state index contributed by atoms with van der Waals surface area (Å²) in [5.74, 6) is 0.642. The van der Waals surface area contributed by atoms with Gasteiger partial charge in [0, 0.05) is 31.9 Å². The van der Waals surface area contributed by atoms with Crippen molar-refractivity contribution >= 4 is 11.8 Å². The Labute approximate surface area is 191 Å². The number of tetrazole rings is 1. The molecule has 172 valence electrons. The van der Waals surface area contributed by atoms with Gasteiger partial charge in [0.2, 0.25) is 0 Å². The van der Waals surface area contributed by atoms with Gasteiger partial charge in [0.25, 0.3) is 0 Å². The van der Waals surface area contributed by atoms with Crippen molar-refractivity contribution in [2.75, 3.05) is 32.2 Å². The largest absolute Gasteiger partial charge is 0.441 e. The van der Waals surface area contributed by atoms with E-state index in [1.54, 1.807) is 4.68 Å². The van der Waals surface area contributed by atoms with Crippen molar-refractivity contribution < 1.29 is 19.0 Å². The Hall–Kier alpha value is -3.50. The first kappa shape index (κ1) is 21.4. The highest BCUT2D eigenvalue weighted by Crippen LogP contribution is 2.36. The number of hydrogen-bond donors (Lipinski definition) is 1. The summed E-state index contributed by atoms with van der Waals surface area (Å²) in [5, 5.41) is 15.1. The van der Waals surface area contributed by atoms with Gasteiger partial charge in [-0.3, -0.25) is 0 Å². The van der Waals surface area contributed by atoms with Gasteiger partial charge in [0.05, 0.1) is 13.2 Å². The number of benzene rings is 2. The number of carbonyl (C=O) groups is 1. The summed E-state index contributed by atoms with van der Waals surface area (Å²) in [7, 11) is 3.99. The van der Waals surface area contributed by atoms with E-state index in [-0.39, 0.29) is 24.9 Å². The van der Waals surface area contributed by atoms with Crippen LogP contribution in [0.25, 0.3) is 11.4 Å². The molecule has 2 aliphatic heterocycles. The Morgan fingerprint density at radius 2 is 1.85 bits per heavy atom. The zero-order chi connectivity index (χ0) is 22.8. The molecule has 0 spiro atoms. The van der Waals surface area contributed by atoms with E-state index >= 15 is 0 Å². The summed E-state index contributed by atoms with van der Waals surface area (Å²) in [5.41, 5.74) is 2.99. The van der Waals surface area contributed by atoms with Crippen molar-refractivity contribution in [3.8, 4) is 11.4 Å². The van der Waals surface area contributed by atoms with Gasteiger partial charge in [-0.2, -0.15) is 0 Å². The molecule has 2 aromatic carbocycles. The van der Waals surface area contributed by atoms with Crippen molar-refractivity contribution in [1.29, 1.82) is 0 Å². The van der Waals surface area contributed by atoms with E-state index in [4.69, 9.17) is 14.2 Å². The third-order valence-corrected chi connectivity index (χ3v) is 5.97. The molecule has 10 nitrogen and oxygen atoms in total. The van der Waals surface area contributed by atoms with Gasteiger partial charge >= 0.3 is 6.09 Å². The lowest BCUT2D eigenvalue weighted by molar-refractivity contribution is 0.00290. The smallest absolute Gasteiger partial charge is 0.407 e. The van der Waals surface area contributed by atoms with Gasteiger partial charge in [0.15, 0.2) is 11.9 Å². The minimum absolute atomic E-state index is 0.213. The van der Waals surface area contributed by atoms with Crippen LogP contribution in [-0.4, -0.2) is 71.9 Å². The third kappa shape index (κ3) is 4.39. The summed E-state index contributed by atoms with van der Waals surface area (Å²) in [4.78, 5) is 14.3. The summed E-state index contributed by atoms with van der Waals surface area (Å²) >= 11 is 0. The molecule has 5 rings (SSSR count). The topological polar surface area (TPSA) is 104 Å². The number of aromatic nitrogens is 4. The number of nitrogens with zero attached hydrogens (tertiary/aromatic N) is 5. The standard InChI is InChI=1S/C23H26N6O4/c1-28(2)17-10-8-16(9-11-17)22-25-26-27-29(22)18-13-31-21-19(14-32-20(18)21)33-23(30)24-12-15-6-4-3-5-7-15/h3-11,18-21H,12-14H2,1-2H3,(H,24,30). The molecule has 33 heavy (non-hydrogen) atoms. The predicted octanol–water partition coefficient (Wildman–Crippen LogP) is 2.04. The molecule has 3 heterocycles. The minimum Gasteiger partial charge on any atom is -0.441 e. The Kier molecular flexibility index (Phi) is 5.93. The lowest BCUT2D eigenvalue weighted by Gasteiger charge is -2.18. The maximum absolute atomic E-state index is 12.3. The fourth-order valence-electron chi connectivity index (χ4n) is 4.22. The molecule has 0 bridgehead atoms. The normalized spacial score (nSPS) is 23.8. The fraction of sp³-hybridized carbons (Fsp3) is 0.391. The van der Waals surface area contributed by atoms with Crippen LogP contribution in [0.5, 0.6) is 0 Å². The Morgan fingerprint density at radius 3 is 2.61 bits per heavy atom. The van der Waals surface area contributed by atoms with Crippen LogP contribution in [0.3, 0.4) is 0 Å². The van der Waals surface area contributed by atoms with Gasteiger partial charge < -0.3 is 24.4 Å². The van der Waals surface area contributed by atoms with Crippen LogP contribution in [-0.2, 0) is 20.8 Å². The molecule has 0 radical (unpaired) electrons. The highest BCUT2D eigenvalue weighted by Gasteiger charge is 2.51. The fourth-order valence-corrected chi connectivity index (χ4v) is 4.22. The van der Waals surface area contributed by atoms with Crippen molar-refractivity contribution in [2.24, 2.45) is 0 Å². The molecule has 0 saturated carbocycles. The van der Waals surface area contributed by atoms with Crippen molar-refractivity contribution in [3.63, 3.8) is 0 Å². The van der Waals surface area contributed by atoms with Gasteiger partial charge in [-0.05, 0) is 40.3 Å². The van der Waals surface area contributed by atoms with E-state index in [1.165, 1.54) is 0 Å². The molecule has 0 aliphatic carbocycles.